The molecular formula is C20H27N3O3. The number of rotatable bonds is 6. The number of hydrogen-bond acceptors (Lipinski definition) is 4. The molecule has 6 nitrogen and oxygen atoms in total. The molecule has 0 radical (unpaired) electrons. The first-order valence-electron chi connectivity index (χ1n) is 8.90. The van der Waals surface area contributed by atoms with Gasteiger partial charge in [-0.25, -0.2) is 0 Å². The summed E-state index contributed by atoms with van der Waals surface area (Å²) in [7, 11) is 5.02. The number of nitrogens with one attached hydrogen (secondary N) is 1. The summed E-state index contributed by atoms with van der Waals surface area (Å²) in [5, 5.41) is 2.75. The molecule has 0 saturated carbocycles. The predicted molar refractivity (Wildman–Crippen MR) is 100 cm³/mol. The van der Waals surface area contributed by atoms with E-state index in [0.29, 0.717) is 6.42 Å². The SMILES string of the molecule is CNC(=O)C[C@H]1CN(Cc2cc(OC)cc(OC)c2)Cc2cccn2C1. The number of carbonyl (C=O) groups excluding carboxylic acids is 1. The zero-order valence-corrected chi connectivity index (χ0v) is 15.7. The number of amides is 1. The first-order valence-corrected chi connectivity index (χ1v) is 8.90. The standard InChI is InChI=1S/C20H27N3O3/c1-21-20(24)9-16-12-22(14-17-5-4-6-23(17)13-16)11-15-7-18(25-2)10-19(8-15)26-3/h4-8,10,16H,9,11-14H2,1-3H3,(H,21,24)/t16-/m0/s1. The van der Waals surface area contributed by atoms with Crippen LogP contribution in [0.4, 0.5) is 0 Å². The summed E-state index contributed by atoms with van der Waals surface area (Å²) >= 11 is 0. The number of methoxy groups -OCH3 is 2. The van der Waals surface area contributed by atoms with Crippen LogP contribution in [0.5, 0.6) is 11.5 Å². The molecule has 1 amide bonds. The lowest BCUT2D eigenvalue weighted by Gasteiger charge is -2.24. The van der Waals surface area contributed by atoms with Crippen molar-refractivity contribution in [2.75, 3.05) is 27.8 Å². The molecule has 2 aromatic rings. The van der Waals surface area contributed by atoms with Gasteiger partial charge in [-0.05, 0) is 35.7 Å². The molecule has 140 valence electrons. The molecule has 0 unspecified atom stereocenters. The molecule has 1 aliphatic rings. The zero-order chi connectivity index (χ0) is 18.5. The Balaban J connectivity index is 1.80. The van der Waals surface area contributed by atoms with Crippen molar-refractivity contribution >= 4 is 5.91 Å². The van der Waals surface area contributed by atoms with Crippen LogP contribution in [0.1, 0.15) is 17.7 Å². The molecule has 1 N–H and O–H groups in total. The third-order valence-electron chi connectivity index (χ3n) is 4.85. The largest absolute Gasteiger partial charge is 0.497 e. The van der Waals surface area contributed by atoms with E-state index in [1.54, 1.807) is 21.3 Å². The zero-order valence-electron chi connectivity index (χ0n) is 15.7. The lowest BCUT2D eigenvalue weighted by molar-refractivity contribution is -0.121. The van der Waals surface area contributed by atoms with Crippen LogP contribution in [0, 0.1) is 5.92 Å². The van der Waals surface area contributed by atoms with Crippen molar-refractivity contribution in [3.05, 3.63) is 47.8 Å². The summed E-state index contributed by atoms with van der Waals surface area (Å²) in [6, 6.07) is 10.2. The van der Waals surface area contributed by atoms with E-state index in [1.807, 2.05) is 18.2 Å². The van der Waals surface area contributed by atoms with Gasteiger partial charge in [-0.3, -0.25) is 9.69 Å². The van der Waals surface area contributed by atoms with E-state index < -0.39 is 0 Å². The molecule has 1 aromatic carbocycles. The van der Waals surface area contributed by atoms with E-state index in [-0.39, 0.29) is 11.8 Å². The van der Waals surface area contributed by atoms with E-state index in [1.165, 1.54) is 5.69 Å². The minimum atomic E-state index is 0.0913. The smallest absolute Gasteiger partial charge is 0.220 e. The average molecular weight is 357 g/mol. The number of aromatic nitrogens is 1. The van der Waals surface area contributed by atoms with Crippen LogP contribution in [-0.2, 0) is 24.4 Å². The van der Waals surface area contributed by atoms with Crippen LogP contribution in [-0.4, -0.2) is 43.2 Å². The number of fused-ring (bicyclic) bond motifs is 1. The maximum Gasteiger partial charge on any atom is 0.220 e. The Labute approximate surface area is 154 Å². The second kappa shape index (κ2) is 8.27. The number of carbonyl (C=O) groups is 1. The minimum absolute atomic E-state index is 0.0913. The molecule has 0 aliphatic carbocycles. The van der Waals surface area contributed by atoms with Gasteiger partial charge in [0.05, 0.1) is 14.2 Å². The highest BCUT2D eigenvalue weighted by Gasteiger charge is 2.23. The molecule has 1 atom stereocenters. The van der Waals surface area contributed by atoms with Crippen molar-refractivity contribution in [1.82, 2.24) is 14.8 Å². The van der Waals surface area contributed by atoms with Gasteiger partial charge in [0.25, 0.3) is 0 Å². The lowest BCUT2D eigenvalue weighted by atomic mass is 10.0. The van der Waals surface area contributed by atoms with Crippen molar-refractivity contribution in [2.45, 2.75) is 26.1 Å². The fourth-order valence-electron chi connectivity index (χ4n) is 3.60. The maximum atomic E-state index is 11.9. The van der Waals surface area contributed by atoms with Gasteiger partial charge in [0, 0.05) is 57.6 Å². The Bertz CT molecular complexity index is 734. The molecule has 26 heavy (non-hydrogen) atoms. The molecule has 1 aliphatic heterocycles. The average Bonchev–Trinajstić information content (AvgIpc) is 3.00. The fourth-order valence-corrected chi connectivity index (χ4v) is 3.60. The lowest BCUT2D eigenvalue weighted by Crippen LogP contribution is -2.31. The van der Waals surface area contributed by atoms with Crippen LogP contribution in [0.2, 0.25) is 0 Å². The van der Waals surface area contributed by atoms with Gasteiger partial charge in [0.2, 0.25) is 5.91 Å². The quantitative estimate of drug-likeness (QED) is 0.862. The molecule has 6 heteroatoms. The van der Waals surface area contributed by atoms with Gasteiger partial charge in [-0.2, -0.15) is 0 Å². The van der Waals surface area contributed by atoms with Crippen molar-refractivity contribution in [1.29, 1.82) is 0 Å². The summed E-state index contributed by atoms with van der Waals surface area (Å²) in [6.45, 7) is 3.38. The van der Waals surface area contributed by atoms with Crippen molar-refractivity contribution in [3.8, 4) is 11.5 Å². The predicted octanol–water partition coefficient (Wildman–Crippen LogP) is 2.27. The van der Waals surface area contributed by atoms with Gasteiger partial charge < -0.3 is 19.4 Å². The first-order chi connectivity index (χ1) is 12.6. The van der Waals surface area contributed by atoms with Crippen molar-refractivity contribution < 1.29 is 14.3 Å². The molecule has 0 bridgehead atoms. The van der Waals surface area contributed by atoms with Gasteiger partial charge >= 0.3 is 0 Å². The Morgan fingerprint density at radius 3 is 2.58 bits per heavy atom. The molecule has 0 fully saturated rings. The van der Waals surface area contributed by atoms with Gasteiger partial charge in [0.15, 0.2) is 0 Å². The van der Waals surface area contributed by atoms with E-state index in [9.17, 15) is 4.79 Å². The topological polar surface area (TPSA) is 55.7 Å². The first kappa shape index (κ1) is 18.3. The normalized spacial score (nSPS) is 17.3. The third-order valence-corrected chi connectivity index (χ3v) is 4.85. The molecular weight excluding hydrogens is 330 g/mol. The Morgan fingerprint density at radius 2 is 1.92 bits per heavy atom. The summed E-state index contributed by atoms with van der Waals surface area (Å²) in [5.41, 5.74) is 2.42. The molecule has 0 spiro atoms. The number of hydrogen-bond donors (Lipinski definition) is 1. The van der Waals surface area contributed by atoms with Crippen molar-refractivity contribution in [2.24, 2.45) is 5.92 Å². The van der Waals surface area contributed by atoms with Crippen molar-refractivity contribution in [3.63, 3.8) is 0 Å². The van der Waals surface area contributed by atoms with Gasteiger partial charge in [-0.1, -0.05) is 0 Å². The summed E-state index contributed by atoms with van der Waals surface area (Å²) in [5.74, 6) is 1.95. The third kappa shape index (κ3) is 4.38. The van der Waals surface area contributed by atoms with E-state index in [4.69, 9.17) is 9.47 Å². The highest BCUT2D eigenvalue weighted by Crippen LogP contribution is 2.26. The Hall–Kier alpha value is -2.47. The van der Waals surface area contributed by atoms with E-state index in [0.717, 1.165) is 43.2 Å². The van der Waals surface area contributed by atoms with Crippen LogP contribution in [0.25, 0.3) is 0 Å². The number of benzene rings is 1. The van der Waals surface area contributed by atoms with Crippen LogP contribution < -0.4 is 14.8 Å². The van der Waals surface area contributed by atoms with Crippen LogP contribution in [0.15, 0.2) is 36.5 Å². The monoisotopic (exact) mass is 357 g/mol. The number of nitrogens with zero attached hydrogens (tertiary/aromatic N) is 2. The number of ether oxygens (including phenoxy) is 2. The molecule has 3 rings (SSSR count). The highest BCUT2D eigenvalue weighted by atomic mass is 16.5. The Kier molecular flexibility index (Phi) is 5.83. The fraction of sp³-hybridized carbons (Fsp3) is 0.450. The van der Waals surface area contributed by atoms with Gasteiger partial charge in [0.1, 0.15) is 11.5 Å². The Morgan fingerprint density at radius 1 is 1.19 bits per heavy atom. The van der Waals surface area contributed by atoms with E-state index >= 15 is 0 Å². The summed E-state index contributed by atoms with van der Waals surface area (Å²) < 4.78 is 13.0. The summed E-state index contributed by atoms with van der Waals surface area (Å²) in [4.78, 5) is 14.3. The maximum absolute atomic E-state index is 11.9. The highest BCUT2D eigenvalue weighted by molar-refractivity contribution is 5.75. The van der Waals surface area contributed by atoms with Crippen LogP contribution >= 0.6 is 0 Å². The second-order valence-corrected chi connectivity index (χ2v) is 6.79. The summed E-state index contributed by atoms with van der Waals surface area (Å²) in [6.07, 6.45) is 2.64. The molecule has 1 aromatic heterocycles. The van der Waals surface area contributed by atoms with Gasteiger partial charge in [-0.15, -0.1) is 0 Å². The minimum Gasteiger partial charge on any atom is -0.497 e. The molecule has 2 heterocycles. The molecule has 0 saturated heterocycles. The second-order valence-electron chi connectivity index (χ2n) is 6.79. The van der Waals surface area contributed by atoms with Crippen LogP contribution in [0.3, 0.4) is 0 Å². The van der Waals surface area contributed by atoms with E-state index in [2.05, 4.69) is 33.1 Å².